The Kier molecular flexibility index (Phi) is 7.88. The number of hydrogen-bond donors (Lipinski definition) is 1. The lowest BCUT2D eigenvalue weighted by Crippen LogP contribution is -2.48. The molecule has 1 fully saturated rings. The van der Waals surface area contributed by atoms with Crippen molar-refractivity contribution in [1.82, 2.24) is 10.2 Å². The molecular formula is C15H29F3N2. The number of alkyl halides is 3. The molecule has 0 spiro atoms. The van der Waals surface area contributed by atoms with Crippen LogP contribution in [0.4, 0.5) is 13.2 Å². The van der Waals surface area contributed by atoms with E-state index in [1.807, 2.05) is 0 Å². The van der Waals surface area contributed by atoms with Crippen LogP contribution in [0.1, 0.15) is 52.4 Å². The predicted molar refractivity (Wildman–Crippen MR) is 76.8 cm³/mol. The summed E-state index contributed by atoms with van der Waals surface area (Å²) < 4.78 is 38.4. The van der Waals surface area contributed by atoms with E-state index in [1.165, 1.54) is 0 Å². The monoisotopic (exact) mass is 294 g/mol. The Bertz CT molecular complexity index is 250. The fourth-order valence-corrected chi connectivity index (χ4v) is 2.99. The Hall–Kier alpha value is -0.290. The topological polar surface area (TPSA) is 15.3 Å². The number of nitrogens with one attached hydrogen (secondary N) is 1. The van der Waals surface area contributed by atoms with E-state index >= 15 is 0 Å². The van der Waals surface area contributed by atoms with Gasteiger partial charge in [0.05, 0.1) is 6.54 Å². The zero-order valence-corrected chi connectivity index (χ0v) is 12.8. The standard InChI is InChI=1S/C15H29F3N2/c1-3-5-6-13(4-2)11-20(12-15(16,17)18)14-7-9-19-10-8-14/h13-14,19H,3-12H2,1-2H3. The van der Waals surface area contributed by atoms with E-state index in [1.54, 1.807) is 4.90 Å². The molecule has 0 saturated carbocycles. The van der Waals surface area contributed by atoms with Gasteiger partial charge in [-0.15, -0.1) is 0 Å². The third kappa shape index (κ3) is 6.93. The maximum Gasteiger partial charge on any atom is 0.401 e. The molecule has 1 heterocycles. The third-order valence-electron chi connectivity index (χ3n) is 4.24. The molecule has 120 valence electrons. The Morgan fingerprint density at radius 1 is 1.20 bits per heavy atom. The zero-order chi connectivity index (χ0) is 15.0. The molecule has 0 aromatic heterocycles. The van der Waals surface area contributed by atoms with Crippen molar-refractivity contribution >= 4 is 0 Å². The van der Waals surface area contributed by atoms with Crippen molar-refractivity contribution in [1.29, 1.82) is 0 Å². The highest BCUT2D eigenvalue weighted by Gasteiger charge is 2.34. The second kappa shape index (κ2) is 8.88. The highest BCUT2D eigenvalue weighted by molar-refractivity contribution is 4.81. The van der Waals surface area contributed by atoms with Crippen LogP contribution >= 0.6 is 0 Å². The maximum absolute atomic E-state index is 12.8. The Labute approximate surface area is 121 Å². The molecule has 1 unspecified atom stereocenters. The molecular weight excluding hydrogens is 265 g/mol. The molecule has 0 amide bonds. The molecule has 20 heavy (non-hydrogen) atoms. The summed E-state index contributed by atoms with van der Waals surface area (Å²) in [5, 5.41) is 3.23. The Morgan fingerprint density at radius 2 is 1.85 bits per heavy atom. The van der Waals surface area contributed by atoms with E-state index in [9.17, 15) is 13.2 Å². The van der Waals surface area contributed by atoms with Gasteiger partial charge in [0.15, 0.2) is 0 Å². The number of piperidine rings is 1. The van der Waals surface area contributed by atoms with Crippen LogP contribution < -0.4 is 5.32 Å². The van der Waals surface area contributed by atoms with Gasteiger partial charge in [0.25, 0.3) is 0 Å². The fourth-order valence-electron chi connectivity index (χ4n) is 2.99. The van der Waals surface area contributed by atoms with Gasteiger partial charge in [0, 0.05) is 12.6 Å². The van der Waals surface area contributed by atoms with Crippen molar-refractivity contribution in [2.75, 3.05) is 26.2 Å². The molecule has 1 rings (SSSR count). The average molecular weight is 294 g/mol. The van der Waals surface area contributed by atoms with E-state index in [2.05, 4.69) is 19.2 Å². The lowest BCUT2D eigenvalue weighted by Gasteiger charge is -2.37. The first-order chi connectivity index (χ1) is 9.46. The molecule has 0 aliphatic carbocycles. The molecule has 0 aromatic rings. The molecule has 0 radical (unpaired) electrons. The minimum atomic E-state index is -4.09. The lowest BCUT2D eigenvalue weighted by atomic mass is 9.96. The highest BCUT2D eigenvalue weighted by Crippen LogP contribution is 2.24. The van der Waals surface area contributed by atoms with Crippen molar-refractivity contribution in [3.63, 3.8) is 0 Å². The van der Waals surface area contributed by atoms with Crippen LogP contribution in [0.3, 0.4) is 0 Å². The first-order valence-electron chi connectivity index (χ1n) is 7.97. The SMILES string of the molecule is CCCCC(CC)CN(CC(F)(F)F)C1CCNCC1. The van der Waals surface area contributed by atoms with Gasteiger partial charge in [-0.25, -0.2) is 0 Å². The zero-order valence-electron chi connectivity index (χ0n) is 12.8. The second-order valence-corrected chi connectivity index (χ2v) is 5.94. The minimum Gasteiger partial charge on any atom is -0.317 e. The number of hydrogen-bond acceptors (Lipinski definition) is 2. The summed E-state index contributed by atoms with van der Waals surface area (Å²) in [5.41, 5.74) is 0. The summed E-state index contributed by atoms with van der Waals surface area (Å²) in [6.45, 7) is 5.75. The molecule has 1 aliphatic rings. The molecule has 5 heteroatoms. The van der Waals surface area contributed by atoms with E-state index in [4.69, 9.17) is 0 Å². The van der Waals surface area contributed by atoms with Crippen LogP contribution in [0.5, 0.6) is 0 Å². The second-order valence-electron chi connectivity index (χ2n) is 5.94. The smallest absolute Gasteiger partial charge is 0.317 e. The van der Waals surface area contributed by atoms with Crippen molar-refractivity contribution in [2.24, 2.45) is 5.92 Å². The first kappa shape index (κ1) is 17.8. The van der Waals surface area contributed by atoms with Crippen LogP contribution in [0.25, 0.3) is 0 Å². The van der Waals surface area contributed by atoms with Gasteiger partial charge < -0.3 is 5.32 Å². The van der Waals surface area contributed by atoms with Crippen LogP contribution in [0.15, 0.2) is 0 Å². The Balaban J connectivity index is 2.60. The summed E-state index contributed by atoms with van der Waals surface area (Å²) in [4.78, 5) is 1.70. The molecule has 1 atom stereocenters. The molecule has 1 aliphatic heterocycles. The van der Waals surface area contributed by atoms with Gasteiger partial charge in [-0.2, -0.15) is 13.2 Å². The normalized spacial score (nSPS) is 19.5. The van der Waals surface area contributed by atoms with Crippen molar-refractivity contribution in [3.05, 3.63) is 0 Å². The third-order valence-corrected chi connectivity index (χ3v) is 4.24. The lowest BCUT2D eigenvalue weighted by molar-refractivity contribution is -0.153. The molecule has 0 aromatic carbocycles. The molecule has 2 nitrogen and oxygen atoms in total. The average Bonchev–Trinajstić information content (AvgIpc) is 2.42. The first-order valence-corrected chi connectivity index (χ1v) is 7.97. The highest BCUT2D eigenvalue weighted by atomic mass is 19.4. The van der Waals surface area contributed by atoms with E-state index in [0.29, 0.717) is 12.5 Å². The van der Waals surface area contributed by atoms with Gasteiger partial charge in [0.1, 0.15) is 0 Å². The van der Waals surface area contributed by atoms with Gasteiger partial charge in [-0.05, 0) is 38.3 Å². The number of halogens is 3. The number of rotatable bonds is 8. The van der Waals surface area contributed by atoms with Gasteiger partial charge in [-0.1, -0.05) is 33.1 Å². The maximum atomic E-state index is 12.8. The van der Waals surface area contributed by atoms with Crippen molar-refractivity contribution < 1.29 is 13.2 Å². The van der Waals surface area contributed by atoms with Crippen LogP contribution in [-0.2, 0) is 0 Å². The minimum absolute atomic E-state index is 0.0913. The van der Waals surface area contributed by atoms with Crippen molar-refractivity contribution in [3.8, 4) is 0 Å². The molecule has 1 N–H and O–H groups in total. The summed E-state index contributed by atoms with van der Waals surface area (Å²) in [6.07, 6.45) is 1.83. The van der Waals surface area contributed by atoms with E-state index in [0.717, 1.165) is 51.6 Å². The molecule has 1 saturated heterocycles. The van der Waals surface area contributed by atoms with E-state index < -0.39 is 12.7 Å². The number of nitrogens with zero attached hydrogens (tertiary/aromatic N) is 1. The van der Waals surface area contributed by atoms with Crippen molar-refractivity contribution in [2.45, 2.75) is 64.6 Å². The van der Waals surface area contributed by atoms with Crippen LogP contribution in [0, 0.1) is 5.92 Å². The molecule has 0 bridgehead atoms. The fraction of sp³-hybridized carbons (Fsp3) is 1.00. The van der Waals surface area contributed by atoms with Gasteiger partial charge in [0.2, 0.25) is 0 Å². The number of unbranched alkanes of at least 4 members (excludes halogenated alkanes) is 1. The summed E-state index contributed by atoms with van der Waals surface area (Å²) in [7, 11) is 0. The summed E-state index contributed by atoms with van der Waals surface area (Å²) >= 11 is 0. The predicted octanol–water partition coefficient (Wildman–Crippen LogP) is 3.82. The van der Waals surface area contributed by atoms with Crippen LogP contribution in [0.2, 0.25) is 0 Å². The largest absolute Gasteiger partial charge is 0.401 e. The van der Waals surface area contributed by atoms with Gasteiger partial charge >= 0.3 is 6.18 Å². The summed E-state index contributed by atoms with van der Waals surface area (Å²) in [6, 6.07) is 0.0913. The Morgan fingerprint density at radius 3 is 2.35 bits per heavy atom. The van der Waals surface area contributed by atoms with E-state index in [-0.39, 0.29) is 6.04 Å². The van der Waals surface area contributed by atoms with Crippen LogP contribution in [-0.4, -0.2) is 43.3 Å². The van der Waals surface area contributed by atoms with Gasteiger partial charge in [-0.3, -0.25) is 4.90 Å². The quantitative estimate of drug-likeness (QED) is 0.732. The summed E-state index contributed by atoms with van der Waals surface area (Å²) in [5.74, 6) is 0.396.